The second-order valence-corrected chi connectivity index (χ2v) is 8.12. The third-order valence-electron chi connectivity index (χ3n) is 5.31. The standard InChI is InChI=1S/C23H29N3O4/c1-16(2)11-13-30-14-12-24-20(27)15-26-21(28)23(3,25-22(26)29)19-10-6-8-17-7-4-5-9-18(17)19/h4-10,16H,11-15H2,1-3H3,(H,24,27)(H,25,29)/t23-/m1/s1. The molecule has 7 nitrogen and oxygen atoms in total. The highest BCUT2D eigenvalue weighted by molar-refractivity contribution is 6.10. The Labute approximate surface area is 176 Å². The SMILES string of the molecule is CC(C)CCOCCNC(=O)CN1C(=O)N[C@](C)(c2cccc3ccccc23)C1=O. The number of rotatable bonds is 9. The summed E-state index contributed by atoms with van der Waals surface area (Å²) < 4.78 is 5.46. The maximum absolute atomic E-state index is 13.1. The highest BCUT2D eigenvalue weighted by Gasteiger charge is 2.50. The van der Waals surface area contributed by atoms with Crippen LogP contribution in [0.2, 0.25) is 0 Å². The molecule has 0 unspecified atom stereocenters. The maximum atomic E-state index is 13.1. The highest BCUT2D eigenvalue weighted by Crippen LogP contribution is 2.33. The lowest BCUT2D eigenvalue weighted by atomic mass is 9.88. The summed E-state index contributed by atoms with van der Waals surface area (Å²) in [7, 11) is 0. The van der Waals surface area contributed by atoms with Gasteiger partial charge in [-0.3, -0.25) is 14.5 Å². The first-order chi connectivity index (χ1) is 14.3. The van der Waals surface area contributed by atoms with Crippen LogP contribution in [0, 0.1) is 5.92 Å². The van der Waals surface area contributed by atoms with Crippen molar-refractivity contribution in [2.75, 3.05) is 26.3 Å². The largest absolute Gasteiger partial charge is 0.380 e. The molecule has 1 aliphatic heterocycles. The predicted octanol–water partition coefficient (Wildman–Crippen LogP) is 2.79. The number of benzene rings is 2. The summed E-state index contributed by atoms with van der Waals surface area (Å²) in [5.74, 6) is -0.268. The Hall–Kier alpha value is -2.93. The molecule has 2 aromatic rings. The Balaban J connectivity index is 1.62. The first-order valence-corrected chi connectivity index (χ1v) is 10.3. The number of amides is 4. The number of carbonyl (C=O) groups excluding carboxylic acids is 3. The molecule has 0 aromatic heterocycles. The number of hydrogen-bond donors (Lipinski definition) is 2. The third-order valence-corrected chi connectivity index (χ3v) is 5.31. The van der Waals surface area contributed by atoms with Crippen molar-refractivity contribution >= 4 is 28.6 Å². The lowest BCUT2D eigenvalue weighted by molar-refractivity contribution is -0.134. The van der Waals surface area contributed by atoms with Gasteiger partial charge in [0.15, 0.2) is 0 Å². The molecule has 0 bridgehead atoms. The van der Waals surface area contributed by atoms with Crippen LogP contribution >= 0.6 is 0 Å². The van der Waals surface area contributed by atoms with Crippen LogP contribution in [0.1, 0.15) is 32.8 Å². The van der Waals surface area contributed by atoms with E-state index in [-0.39, 0.29) is 6.54 Å². The molecule has 0 saturated carbocycles. The van der Waals surface area contributed by atoms with E-state index >= 15 is 0 Å². The monoisotopic (exact) mass is 411 g/mol. The van der Waals surface area contributed by atoms with Gasteiger partial charge in [0.05, 0.1) is 6.61 Å². The normalized spacial score (nSPS) is 18.9. The molecule has 3 rings (SSSR count). The smallest absolute Gasteiger partial charge is 0.325 e. The van der Waals surface area contributed by atoms with Gasteiger partial charge in [-0.1, -0.05) is 56.3 Å². The Kier molecular flexibility index (Phi) is 6.72. The summed E-state index contributed by atoms with van der Waals surface area (Å²) >= 11 is 0. The van der Waals surface area contributed by atoms with Crippen LogP contribution in [0.3, 0.4) is 0 Å². The fourth-order valence-corrected chi connectivity index (χ4v) is 3.57. The molecule has 1 saturated heterocycles. The fraction of sp³-hybridized carbons (Fsp3) is 0.435. The van der Waals surface area contributed by atoms with Gasteiger partial charge in [0.2, 0.25) is 5.91 Å². The van der Waals surface area contributed by atoms with E-state index < -0.39 is 23.4 Å². The minimum Gasteiger partial charge on any atom is -0.380 e. The van der Waals surface area contributed by atoms with Crippen LogP contribution in [0.15, 0.2) is 42.5 Å². The maximum Gasteiger partial charge on any atom is 0.325 e. The minimum absolute atomic E-state index is 0.322. The zero-order valence-corrected chi connectivity index (χ0v) is 17.7. The summed E-state index contributed by atoms with van der Waals surface area (Å²) in [5, 5.41) is 7.34. The van der Waals surface area contributed by atoms with Gasteiger partial charge in [0.25, 0.3) is 5.91 Å². The van der Waals surface area contributed by atoms with Crippen LogP contribution in [0.5, 0.6) is 0 Å². The molecule has 4 amide bonds. The first kappa shape index (κ1) is 21.8. The molecule has 1 heterocycles. The van der Waals surface area contributed by atoms with E-state index in [0.29, 0.717) is 31.2 Å². The van der Waals surface area contributed by atoms with E-state index in [1.807, 2.05) is 42.5 Å². The van der Waals surface area contributed by atoms with E-state index in [1.54, 1.807) is 6.92 Å². The van der Waals surface area contributed by atoms with Crippen LogP contribution in [-0.2, 0) is 19.9 Å². The number of imide groups is 1. The second kappa shape index (κ2) is 9.26. The van der Waals surface area contributed by atoms with Crippen molar-refractivity contribution in [1.82, 2.24) is 15.5 Å². The van der Waals surface area contributed by atoms with Crippen molar-refractivity contribution < 1.29 is 19.1 Å². The van der Waals surface area contributed by atoms with Gasteiger partial charge in [-0.05, 0) is 35.6 Å². The molecule has 1 aliphatic rings. The van der Waals surface area contributed by atoms with Gasteiger partial charge in [-0.25, -0.2) is 4.79 Å². The van der Waals surface area contributed by atoms with E-state index in [0.717, 1.165) is 22.1 Å². The summed E-state index contributed by atoms with van der Waals surface area (Å²) in [6.45, 7) is 6.97. The first-order valence-electron chi connectivity index (χ1n) is 10.3. The quantitative estimate of drug-likeness (QED) is 0.491. The van der Waals surface area contributed by atoms with E-state index in [1.165, 1.54) is 0 Å². The highest BCUT2D eigenvalue weighted by atomic mass is 16.5. The zero-order chi connectivity index (χ0) is 21.7. The van der Waals surface area contributed by atoms with Gasteiger partial charge in [-0.2, -0.15) is 0 Å². The minimum atomic E-state index is -1.22. The molecule has 2 N–H and O–H groups in total. The number of nitrogens with one attached hydrogen (secondary N) is 2. The number of hydrogen-bond acceptors (Lipinski definition) is 4. The topological polar surface area (TPSA) is 87.7 Å². The average Bonchev–Trinajstić information content (AvgIpc) is 2.93. The zero-order valence-electron chi connectivity index (χ0n) is 17.7. The molecule has 2 aromatic carbocycles. The van der Waals surface area contributed by atoms with Crippen LogP contribution < -0.4 is 10.6 Å². The van der Waals surface area contributed by atoms with Gasteiger partial charge < -0.3 is 15.4 Å². The van der Waals surface area contributed by atoms with Gasteiger partial charge in [0, 0.05) is 13.2 Å². The Morgan fingerprint density at radius 1 is 1.13 bits per heavy atom. The molecule has 7 heteroatoms. The van der Waals surface area contributed by atoms with Crippen molar-refractivity contribution in [3.63, 3.8) is 0 Å². The van der Waals surface area contributed by atoms with Crippen molar-refractivity contribution in [2.24, 2.45) is 5.92 Å². The fourth-order valence-electron chi connectivity index (χ4n) is 3.57. The van der Waals surface area contributed by atoms with E-state index in [9.17, 15) is 14.4 Å². The molecule has 160 valence electrons. The molecule has 0 aliphatic carbocycles. The Morgan fingerprint density at radius 2 is 1.87 bits per heavy atom. The molecule has 1 atom stereocenters. The molecule has 0 spiro atoms. The lowest BCUT2D eigenvalue weighted by Crippen LogP contribution is -2.43. The van der Waals surface area contributed by atoms with E-state index in [4.69, 9.17) is 4.74 Å². The Bertz CT molecular complexity index is 938. The number of fused-ring (bicyclic) bond motifs is 1. The molecule has 1 fully saturated rings. The van der Waals surface area contributed by atoms with Gasteiger partial charge >= 0.3 is 6.03 Å². The van der Waals surface area contributed by atoms with Crippen molar-refractivity contribution in [1.29, 1.82) is 0 Å². The molecule has 30 heavy (non-hydrogen) atoms. The summed E-state index contributed by atoms with van der Waals surface area (Å²) in [5.41, 5.74) is -0.515. The Morgan fingerprint density at radius 3 is 2.63 bits per heavy atom. The van der Waals surface area contributed by atoms with Crippen LogP contribution in [-0.4, -0.2) is 49.0 Å². The van der Waals surface area contributed by atoms with Crippen LogP contribution in [0.25, 0.3) is 10.8 Å². The number of urea groups is 1. The molecular weight excluding hydrogens is 382 g/mol. The van der Waals surface area contributed by atoms with Crippen LogP contribution in [0.4, 0.5) is 4.79 Å². The van der Waals surface area contributed by atoms with Gasteiger partial charge in [0.1, 0.15) is 12.1 Å². The summed E-state index contributed by atoms with van der Waals surface area (Å²) in [4.78, 5) is 38.9. The molecule has 0 radical (unpaired) electrons. The number of ether oxygens (including phenoxy) is 1. The van der Waals surface area contributed by atoms with Crippen molar-refractivity contribution in [2.45, 2.75) is 32.7 Å². The predicted molar refractivity (Wildman–Crippen MR) is 115 cm³/mol. The van der Waals surface area contributed by atoms with E-state index in [2.05, 4.69) is 24.5 Å². The lowest BCUT2D eigenvalue weighted by Gasteiger charge is -2.24. The number of carbonyl (C=O) groups is 3. The molecular formula is C23H29N3O4. The van der Waals surface area contributed by atoms with Gasteiger partial charge in [-0.15, -0.1) is 0 Å². The average molecular weight is 412 g/mol. The second-order valence-electron chi connectivity index (χ2n) is 8.12. The summed E-state index contributed by atoms with van der Waals surface area (Å²) in [6.07, 6.45) is 0.961. The van der Waals surface area contributed by atoms with Crippen molar-refractivity contribution in [3.05, 3.63) is 48.0 Å². The number of nitrogens with zero attached hydrogens (tertiary/aromatic N) is 1. The summed E-state index contributed by atoms with van der Waals surface area (Å²) in [6, 6.07) is 12.8. The van der Waals surface area contributed by atoms with Crippen molar-refractivity contribution in [3.8, 4) is 0 Å². The third kappa shape index (κ3) is 4.62.